The molecule has 1 nitrogen and oxygen atoms in total. The molecule has 0 aliphatic rings. The molecule has 15 heavy (non-hydrogen) atoms. The van der Waals surface area contributed by atoms with E-state index in [4.69, 9.17) is 0 Å². The van der Waals surface area contributed by atoms with Crippen LogP contribution in [0.1, 0.15) is 41.5 Å². The van der Waals surface area contributed by atoms with Gasteiger partial charge in [0.15, 0.2) is 5.95 Å². The lowest BCUT2D eigenvalue weighted by molar-refractivity contribution is 0.363. The molecule has 2 heteroatoms. The fraction of sp³-hybridized carbons (Fsp3) is 0.692. The Balaban J connectivity index is 0. The molecule has 0 unspecified atom stereocenters. The van der Waals surface area contributed by atoms with E-state index < -0.39 is 0 Å². The van der Waals surface area contributed by atoms with Crippen molar-refractivity contribution in [2.24, 2.45) is 5.41 Å². The first kappa shape index (κ1) is 16.6. The summed E-state index contributed by atoms with van der Waals surface area (Å²) in [5.41, 5.74) is 1.41. The van der Waals surface area contributed by atoms with E-state index in [9.17, 15) is 4.39 Å². The third kappa shape index (κ3) is 5.60. The van der Waals surface area contributed by atoms with Crippen molar-refractivity contribution in [3.8, 4) is 0 Å². The zero-order valence-electron chi connectivity index (χ0n) is 11.5. The van der Waals surface area contributed by atoms with Crippen LogP contribution in [0, 0.1) is 5.41 Å². The van der Waals surface area contributed by atoms with Crippen LogP contribution in [0.4, 0.5) is 4.39 Å². The Morgan fingerprint density at radius 2 is 1.47 bits per heavy atom. The summed E-state index contributed by atoms with van der Waals surface area (Å²) in [6.45, 7) is 15.8. The van der Waals surface area contributed by atoms with Crippen molar-refractivity contribution in [2.45, 2.75) is 41.5 Å². The summed E-state index contributed by atoms with van der Waals surface area (Å²) in [6, 6.07) is 0. The van der Waals surface area contributed by atoms with Crippen LogP contribution in [0.15, 0.2) is 23.7 Å². The number of rotatable bonds is 2. The van der Waals surface area contributed by atoms with E-state index in [1.807, 2.05) is 34.6 Å². The van der Waals surface area contributed by atoms with Crippen LogP contribution in [0.3, 0.4) is 0 Å². The minimum Gasteiger partial charge on any atom is -0.354 e. The lowest BCUT2D eigenvalue weighted by Crippen LogP contribution is -2.15. The number of hydrogen-bond donors (Lipinski definition) is 0. The molecule has 0 aliphatic heterocycles. The van der Waals surface area contributed by atoms with Crippen LogP contribution in [0.25, 0.3) is 0 Å². The van der Waals surface area contributed by atoms with Crippen LogP contribution in [-0.4, -0.2) is 19.0 Å². The standard InChI is InChI=1S/C11H20FN.C2H6/c1-8(10(12)13(6)7)9(2)11(3,4)5;1-2/h2H2,1,3-7H3;1-2H3/b10-8-;. The quantitative estimate of drug-likeness (QED) is 0.488. The summed E-state index contributed by atoms with van der Waals surface area (Å²) in [5.74, 6) is -0.208. The highest BCUT2D eigenvalue weighted by Crippen LogP contribution is 2.31. The average Bonchev–Trinajstić information content (AvgIpc) is 2.16. The van der Waals surface area contributed by atoms with Gasteiger partial charge in [-0.15, -0.1) is 0 Å². The molecule has 0 atom stereocenters. The van der Waals surface area contributed by atoms with Gasteiger partial charge in [0.2, 0.25) is 0 Å². The van der Waals surface area contributed by atoms with Gasteiger partial charge < -0.3 is 4.90 Å². The van der Waals surface area contributed by atoms with Gasteiger partial charge >= 0.3 is 0 Å². The molecule has 0 amide bonds. The first-order chi connectivity index (χ1) is 6.68. The lowest BCUT2D eigenvalue weighted by Gasteiger charge is -2.24. The third-order valence-electron chi connectivity index (χ3n) is 2.06. The second-order valence-electron chi connectivity index (χ2n) is 4.54. The van der Waals surface area contributed by atoms with Crippen LogP contribution in [0.2, 0.25) is 0 Å². The molecule has 0 fully saturated rings. The molecule has 0 saturated heterocycles. The Morgan fingerprint density at radius 1 is 1.13 bits per heavy atom. The molecule has 0 aromatic heterocycles. The molecule has 0 heterocycles. The molecule has 0 bridgehead atoms. The second-order valence-corrected chi connectivity index (χ2v) is 4.54. The molecule has 0 aliphatic carbocycles. The molecule has 0 aromatic carbocycles. The minimum absolute atomic E-state index is 0.0720. The smallest absolute Gasteiger partial charge is 0.192 e. The Kier molecular flexibility index (Phi) is 7.37. The molecule has 0 N–H and O–H groups in total. The van der Waals surface area contributed by atoms with Gasteiger partial charge in [0, 0.05) is 19.7 Å². The number of halogens is 1. The number of hydrogen-bond acceptors (Lipinski definition) is 1. The second kappa shape index (κ2) is 6.65. The highest BCUT2D eigenvalue weighted by molar-refractivity contribution is 5.32. The summed E-state index contributed by atoms with van der Waals surface area (Å²) < 4.78 is 13.4. The van der Waals surface area contributed by atoms with Crippen molar-refractivity contribution in [3.05, 3.63) is 23.7 Å². The first-order valence-electron chi connectivity index (χ1n) is 5.41. The maximum absolute atomic E-state index is 13.4. The van der Waals surface area contributed by atoms with Gasteiger partial charge in [0.1, 0.15) is 0 Å². The normalized spacial score (nSPS) is 12.3. The molecule has 0 saturated carbocycles. The van der Waals surface area contributed by atoms with Crippen LogP contribution >= 0.6 is 0 Å². The van der Waals surface area contributed by atoms with Crippen molar-refractivity contribution in [2.75, 3.05) is 14.1 Å². The van der Waals surface area contributed by atoms with Crippen LogP contribution in [-0.2, 0) is 0 Å². The zero-order chi connectivity index (χ0) is 12.8. The van der Waals surface area contributed by atoms with Gasteiger partial charge in [-0.25, -0.2) is 0 Å². The van der Waals surface area contributed by atoms with Gasteiger partial charge in [0.05, 0.1) is 0 Å². The summed E-state index contributed by atoms with van der Waals surface area (Å²) in [6.07, 6.45) is 0. The zero-order valence-corrected chi connectivity index (χ0v) is 11.5. The maximum atomic E-state index is 13.4. The van der Waals surface area contributed by atoms with Crippen molar-refractivity contribution in [3.63, 3.8) is 0 Å². The van der Waals surface area contributed by atoms with E-state index in [1.54, 1.807) is 21.0 Å². The lowest BCUT2D eigenvalue weighted by atomic mass is 9.84. The van der Waals surface area contributed by atoms with Crippen LogP contribution < -0.4 is 0 Å². The fourth-order valence-corrected chi connectivity index (χ4v) is 1.02. The maximum Gasteiger partial charge on any atom is 0.192 e. The average molecular weight is 215 g/mol. The predicted octanol–water partition coefficient (Wildman–Crippen LogP) is 4.38. The van der Waals surface area contributed by atoms with Gasteiger partial charge in [-0.1, -0.05) is 41.2 Å². The van der Waals surface area contributed by atoms with Gasteiger partial charge in [-0.05, 0) is 17.9 Å². The first-order valence-corrected chi connectivity index (χ1v) is 5.41. The molecular weight excluding hydrogens is 189 g/mol. The van der Waals surface area contributed by atoms with Crippen molar-refractivity contribution in [1.82, 2.24) is 4.90 Å². The summed E-state index contributed by atoms with van der Waals surface area (Å²) in [5, 5.41) is 0. The van der Waals surface area contributed by atoms with Crippen molar-refractivity contribution in [1.29, 1.82) is 0 Å². The van der Waals surface area contributed by atoms with Crippen LogP contribution in [0.5, 0.6) is 0 Å². The Morgan fingerprint density at radius 3 is 1.67 bits per heavy atom. The highest BCUT2D eigenvalue weighted by atomic mass is 19.1. The van der Waals surface area contributed by atoms with E-state index in [-0.39, 0.29) is 11.4 Å². The molecule has 0 radical (unpaired) electrons. The molecule has 0 aromatic rings. The van der Waals surface area contributed by atoms with E-state index in [0.717, 1.165) is 5.57 Å². The predicted molar refractivity (Wildman–Crippen MR) is 67.4 cm³/mol. The van der Waals surface area contributed by atoms with E-state index >= 15 is 0 Å². The Hall–Kier alpha value is -0.790. The van der Waals surface area contributed by atoms with E-state index in [0.29, 0.717) is 5.57 Å². The largest absolute Gasteiger partial charge is 0.354 e. The van der Waals surface area contributed by atoms with Gasteiger partial charge in [-0.3, -0.25) is 0 Å². The highest BCUT2D eigenvalue weighted by Gasteiger charge is 2.19. The van der Waals surface area contributed by atoms with E-state index in [2.05, 4.69) is 6.58 Å². The topological polar surface area (TPSA) is 3.24 Å². The third-order valence-corrected chi connectivity index (χ3v) is 2.06. The number of nitrogens with zero attached hydrogens (tertiary/aromatic N) is 1. The monoisotopic (exact) mass is 215 g/mol. The van der Waals surface area contributed by atoms with Gasteiger partial charge in [0.25, 0.3) is 0 Å². The minimum atomic E-state index is -0.208. The molecule has 90 valence electrons. The van der Waals surface area contributed by atoms with E-state index in [1.165, 1.54) is 4.90 Å². The Bertz CT molecular complexity index is 231. The van der Waals surface area contributed by atoms with Gasteiger partial charge in [-0.2, -0.15) is 4.39 Å². The summed E-state index contributed by atoms with van der Waals surface area (Å²) in [7, 11) is 3.38. The SMILES string of the molecule is C=C(/C(C)=C(/F)N(C)C)C(C)(C)C.CC. The van der Waals surface area contributed by atoms with Crippen molar-refractivity contribution >= 4 is 0 Å². The Labute approximate surface area is 94.7 Å². The van der Waals surface area contributed by atoms with Crippen molar-refractivity contribution < 1.29 is 4.39 Å². The molecular formula is C13H26FN. The molecule has 0 rings (SSSR count). The fourth-order valence-electron chi connectivity index (χ4n) is 1.02. The molecule has 0 spiro atoms. The summed E-state index contributed by atoms with van der Waals surface area (Å²) >= 11 is 0. The number of allylic oxidation sites excluding steroid dienone is 2. The summed E-state index contributed by atoms with van der Waals surface area (Å²) in [4.78, 5) is 1.46.